The van der Waals surface area contributed by atoms with E-state index < -0.39 is 0 Å². The first-order valence-electron chi connectivity index (χ1n) is 6.47. The zero-order valence-corrected chi connectivity index (χ0v) is 11.9. The monoisotopic (exact) mass is 252 g/mol. The second-order valence-corrected chi connectivity index (χ2v) is 4.74. The van der Waals surface area contributed by atoms with Gasteiger partial charge < -0.3 is 15.7 Å². The standard InChI is InChI=1S/C13H24N4O/c1-6-10(7-18)15-13-9(4)12(14-5)16-11(17-13)8(2)3/h8,10,18H,6-7H2,1-5H3,(H2,14,15,16,17). The highest BCUT2D eigenvalue weighted by Crippen LogP contribution is 2.23. The summed E-state index contributed by atoms with van der Waals surface area (Å²) in [6, 6.07) is 0.0309. The van der Waals surface area contributed by atoms with Crippen LogP contribution in [0.3, 0.4) is 0 Å². The summed E-state index contributed by atoms with van der Waals surface area (Å²) in [5.41, 5.74) is 0.980. The molecule has 0 saturated heterocycles. The van der Waals surface area contributed by atoms with Gasteiger partial charge in [0.2, 0.25) is 0 Å². The molecule has 0 aliphatic heterocycles. The molecule has 0 aromatic carbocycles. The predicted octanol–water partition coefficient (Wildman–Crippen LogP) is 2.13. The molecular formula is C13H24N4O. The molecule has 0 bridgehead atoms. The maximum atomic E-state index is 9.26. The molecule has 3 N–H and O–H groups in total. The van der Waals surface area contributed by atoms with E-state index in [0.29, 0.717) is 0 Å². The summed E-state index contributed by atoms with van der Waals surface area (Å²) < 4.78 is 0. The minimum atomic E-state index is 0.0309. The first kappa shape index (κ1) is 14.7. The third-order valence-corrected chi connectivity index (χ3v) is 2.97. The Labute approximate surface area is 109 Å². The number of nitrogens with one attached hydrogen (secondary N) is 2. The molecule has 0 aliphatic rings. The molecular weight excluding hydrogens is 228 g/mol. The number of aliphatic hydroxyl groups is 1. The highest BCUT2D eigenvalue weighted by atomic mass is 16.3. The van der Waals surface area contributed by atoms with Gasteiger partial charge in [-0.15, -0.1) is 0 Å². The van der Waals surface area contributed by atoms with E-state index in [4.69, 9.17) is 0 Å². The molecule has 1 atom stereocenters. The summed E-state index contributed by atoms with van der Waals surface area (Å²) in [6.07, 6.45) is 0.853. The van der Waals surface area contributed by atoms with Gasteiger partial charge in [-0.25, -0.2) is 9.97 Å². The Balaban J connectivity index is 3.12. The molecule has 102 valence electrons. The molecule has 0 fully saturated rings. The van der Waals surface area contributed by atoms with Gasteiger partial charge in [0.15, 0.2) is 0 Å². The van der Waals surface area contributed by atoms with Crippen molar-refractivity contribution in [3.05, 3.63) is 11.4 Å². The summed E-state index contributed by atoms with van der Waals surface area (Å²) in [4.78, 5) is 9.03. The van der Waals surface area contributed by atoms with Crippen molar-refractivity contribution >= 4 is 11.6 Å². The van der Waals surface area contributed by atoms with Crippen molar-refractivity contribution in [1.29, 1.82) is 0 Å². The lowest BCUT2D eigenvalue weighted by molar-refractivity contribution is 0.271. The third-order valence-electron chi connectivity index (χ3n) is 2.97. The van der Waals surface area contributed by atoms with Crippen LogP contribution < -0.4 is 10.6 Å². The van der Waals surface area contributed by atoms with E-state index >= 15 is 0 Å². The molecule has 1 unspecified atom stereocenters. The normalized spacial score (nSPS) is 12.6. The average molecular weight is 252 g/mol. The van der Waals surface area contributed by atoms with Crippen LogP contribution in [-0.2, 0) is 0 Å². The summed E-state index contributed by atoms with van der Waals surface area (Å²) in [6.45, 7) is 8.25. The molecule has 1 heterocycles. The van der Waals surface area contributed by atoms with Crippen LogP contribution in [-0.4, -0.2) is 34.8 Å². The summed E-state index contributed by atoms with van der Waals surface area (Å²) >= 11 is 0. The lowest BCUT2D eigenvalue weighted by Crippen LogP contribution is -2.24. The Morgan fingerprint density at radius 3 is 2.28 bits per heavy atom. The lowest BCUT2D eigenvalue weighted by atomic mass is 10.2. The van der Waals surface area contributed by atoms with Crippen molar-refractivity contribution in [2.45, 2.75) is 46.1 Å². The highest BCUT2D eigenvalue weighted by molar-refractivity contribution is 5.57. The Bertz CT molecular complexity index is 389. The van der Waals surface area contributed by atoms with Crippen LogP contribution in [0.2, 0.25) is 0 Å². The number of hydrogen-bond donors (Lipinski definition) is 3. The van der Waals surface area contributed by atoms with Crippen molar-refractivity contribution in [3.63, 3.8) is 0 Å². The number of nitrogens with zero attached hydrogens (tertiary/aromatic N) is 2. The molecule has 18 heavy (non-hydrogen) atoms. The van der Waals surface area contributed by atoms with E-state index in [1.54, 1.807) is 0 Å². The Kier molecular flexibility index (Phi) is 5.34. The smallest absolute Gasteiger partial charge is 0.135 e. The molecule has 1 aromatic rings. The zero-order chi connectivity index (χ0) is 13.7. The van der Waals surface area contributed by atoms with Crippen molar-refractivity contribution in [2.24, 2.45) is 0 Å². The van der Waals surface area contributed by atoms with Gasteiger partial charge in [0, 0.05) is 18.5 Å². The fraction of sp³-hybridized carbons (Fsp3) is 0.692. The molecule has 5 nitrogen and oxygen atoms in total. The van der Waals surface area contributed by atoms with Crippen molar-refractivity contribution in [1.82, 2.24) is 9.97 Å². The SMILES string of the molecule is CCC(CO)Nc1nc(C(C)C)nc(NC)c1C. The van der Waals surface area contributed by atoms with Crippen LogP contribution in [0.4, 0.5) is 11.6 Å². The maximum Gasteiger partial charge on any atom is 0.135 e. The molecule has 0 radical (unpaired) electrons. The van der Waals surface area contributed by atoms with E-state index in [0.717, 1.165) is 29.4 Å². The largest absolute Gasteiger partial charge is 0.394 e. The first-order chi connectivity index (χ1) is 8.53. The Morgan fingerprint density at radius 2 is 1.83 bits per heavy atom. The van der Waals surface area contributed by atoms with Crippen LogP contribution in [0.25, 0.3) is 0 Å². The van der Waals surface area contributed by atoms with Crippen molar-refractivity contribution in [2.75, 3.05) is 24.3 Å². The van der Waals surface area contributed by atoms with Crippen LogP contribution in [0.5, 0.6) is 0 Å². The van der Waals surface area contributed by atoms with Crippen LogP contribution in [0.1, 0.15) is 44.5 Å². The zero-order valence-electron chi connectivity index (χ0n) is 11.9. The van der Waals surface area contributed by atoms with Crippen molar-refractivity contribution < 1.29 is 5.11 Å². The minimum absolute atomic E-state index is 0.0309. The van der Waals surface area contributed by atoms with Crippen molar-refractivity contribution in [3.8, 4) is 0 Å². The molecule has 0 aliphatic carbocycles. The minimum Gasteiger partial charge on any atom is -0.394 e. The van der Waals surface area contributed by atoms with E-state index in [2.05, 4.69) is 34.4 Å². The number of aliphatic hydroxyl groups excluding tert-OH is 1. The number of rotatable bonds is 6. The second kappa shape index (κ2) is 6.54. The molecule has 0 amide bonds. The topological polar surface area (TPSA) is 70.1 Å². The molecule has 1 aromatic heterocycles. The van der Waals surface area contributed by atoms with Gasteiger partial charge in [0.1, 0.15) is 17.5 Å². The van der Waals surface area contributed by atoms with Gasteiger partial charge in [-0.1, -0.05) is 20.8 Å². The van der Waals surface area contributed by atoms with E-state index in [1.807, 2.05) is 20.9 Å². The van der Waals surface area contributed by atoms with Crippen LogP contribution in [0.15, 0.2) is 0 Å². The summed E-state index contributed by atoms with van der Waals surface area (Å²) in [5.74, 6) is 2.72. The van der Waals surface area contributed by atoms with Gasteiger partial charge in [-0.3, -0.25) is 0 Å². The van der Waals surface area contributed by atoms with Gasteiger partial charge in [0.25, 0.3) is 0 Å². The van der Waals surface area contributed by atoms with Gasteiger partial charge in [0.05, 0.1) is 12.6 Å². The van der Waals surface area contributed by atoms with Crippen LogP contribution in [0, 0.1) is 6.92 Å². The molecule has 0 spiro atoms. The first-order valence-corrected chi connectivity index (χ1v) is 6.47. The Morgan fingerprint density at radius 1 is 1.22 bits per heavy atom. The molecule has 0 saturated carbocycles. The maximum absolute atomic E-state index is 9.26. The van der Waals surface area contributed by atoms with E-state index in [9.17, 15) is 5.11 Å². The predicted molar refractivity (Wildman–Crippen MR) is 75.2 cm³/mol. The van der Waals surface area contributed by atoms with Crippen LogP contribution >= 0.6 is 0 Å². The van der Waals surface area contributed by atoms with Gasteiger partial charge in [-0.2, -0.15) is 0 Å². The highest BCUT2D eigenvalue weighted by Gasteiger charge is 2.14. The summed E-state index contributed by atoms with van der Waals surface area (Å²) in [7, 11) is 1.85. The molecule has 5 heteroatoms. The number of aromatic nitrogens is 2. The fourth-order valence-electron chi connectivity index (χ4n) is 1.65. The number of hydrogen-bond acceptors (Lipinski definition) is 5. The summed E-state index contributed by atoms with van der Waals surface area (Å²) in [5, 5.41) is 15.6. The third kappa shape index (κ3) is 3.32. The lowest BCUT2D eigenvalue weighted by Gasteiger charge is -2.19. The molecule has 1 rings (SSSR count). The Hall–Kier alpha value is -1.36. The average Bonchev–Trinajstić information content (AvgIpc) is 2.37. The number of anilines is 2. The van der Waals surface area contributed by atoms with E-state index in [-0.39, 0.29) is 18.6 Å². The van der Waals surface area contributed by atoms with Gasteiger partial charge >= 0.3 is 0 Å². The fourth-order valence-corrected chi connectivity index (χ4v) is 1.65. The van der Waals surface area contributed by atoms with Gasteiger partial charge in [-0.05, 0) is 13.3 Å². The quantitative estimate of drug-likeness (QED) is 0.723. The second-order valence-electron chi connectivity index (χ2n) is 4.74. The van der Waals surface area contributed by atoms with E-state index in [1.165, 1.54) is 0 Å².